The van der Waals surface area contributed by atoms with Gasteiger partial charge < -0.3 is 19.4 Å². The lowest BCUT2D eigenvalue weighted by molar-refractivity contribution is -0.122. The van der Waals surface area contributed by atoms with Crippen molar-refractivity contribution in [3.8, 4) is 5.75 Å². The Hall–Kier alpha value is -2.58. The van der Waals surface area contributed by atoms with Gasteiger partial charge in [-0.15, -0.1) is 0 Å². The van der Waals surface area contributed by atoms with Crippen LogP contribution in [0.5, 0.6) is 5.75 Å². The molecule has 0 aliphatic rings. The molecule has 0 saturated carbocycles. The Labute approximate surface area is 177 Å². The van der Waals surface area contributed by atoms with E-state index in [-0.39, 0.29) is 5.91 Å². The second-order valence-electron chi connectivity index (χ2n) is 7.19. The molecule has 1 amide bonds. The third-order valence-corrected chi connectivity index (χ3v) is 5.09. The van der Waals surface area contributed by atoms with Crippen molar-refractivity contribution in [2.24, 2.45) is 0 Å². The molecule has 8 heteroatoms. The van der Waals surface area contributed by atoms with Gasteiger partial charge in [0.2, 0.25) is 0 Å². The van der Waals surface area contributed by atoms with Crippen LogP contribution in [0.15, 0.2) is 50.1 Å². The minimum Gasteiger partial charge on any atom is -0.480 e. The molecule has 1 N–H and O–H groups in total. The Morgan fingerprint density at radius 1 is 1.28 bits per heavy atom. The van der Waals surface area contributed by atoms with Gasteiger partial charge >= 0.3 is 5.76 Å². The highest BCUT2D eigenvalue weighted by molar-refractivity contribution is 9.10. The molecule has 1 aromatic heterocycles. The summed E-state index contributed by atoms with van der Waals surface area (Å²) in [5, 5.41) is 2.84. The maximum Gasteiger partial charge on any atom is 0.419 e. The number of amides is 1. The zero-order valence-corrected chi connectivity index (χ0v) is 18.4. The molecule has 7 nitrogen and oxygen atoms in total. The fourth-order valence-electron chi connectivity index (χ4n) is 2.84. The summed E-state index contributed by atoms with van der Waals surface area (Å²) in [6.07, 6.45) is -0.704. The monoisotopic (exact) mass is 461 g/mol. The lowest BCUT2D eigenvalue weighted by Crippen LogP contribution is -2.30. The van der Waals surface area contributed by atoms with Crippen LogP contribution in [0.2, 0.25) is 0 Å². The second kappa shape index (κ2) is 8.84. The number of ether oxygens (including phenoxy) is 1. The van der Waals surface area contributed by atoms with Crippen molar-refractivity contribution in [2.75, 3.05) is 26.0 Å². The Balaban J connectivity index is 1.75. The molecule has 1 atom stereocenters. The van der Waals surface area contributed by atoms with E-state index in [1.54, 1.807) is 29.7 Å². The molecule has 0 fully saturated rings. The molecular weight excluding hydrogens is 438 g/mol. The van der Waals surface area contributed by atoms with Crippen LogP contribution in [0.3, 0.4) is 0 Å². The number of hydrogen-bond acceptors (Lipinski definition) is 5. The summed E-state index contributed by atoms with van der Waals surface area (Å²) in [5.41, 5.74) is 2.79. The van der Waals surface area contributed by atoms with Crippen LogP contribution in [-0.4, -0.2) is 42.1 Å². The van der Waals surface area contributed by atoms with E-state index in [2.05, 4.69) is 21.2 Å². The number of benzene rings is 2. The summed E-state index contributed by atoms with van der Waals surface area (Å²) in [4.78, 5) is 26.7. The molecule has 3 aromatic rings. The predicted octanol–water partition coefficient (Wildman–Crippen LogP) is 3.63. The molecule has 0 spiro atoms. The smallest absolute Gasteiger partial charge is 0.419 e. The molecule has 3 rings (SSSR count). The Morgan fingerprint density at radius 3 is 2.72 bits per heavy atom. The van der Waals surface area contributed by atoms with E-state index in [0.717, 1.165) is 10.0 Å². The van der Waals surface area contributed by atoms with Gasteiger partial charge in [0.1, 0.15) is 5.75 Å². The summed E-state index contributed by atoms with van der Waals surface area (Å²) in [6.45, 7) is 4.86. The number of halogens is 1. The Morgan fingerprint density at radius 2 is 2.03 bits per heavy atom. The topological polar surface area (TPSA) is 76.7 Å². The first-order chi connectivity index (χ1) is 13.7. The van der Waals surface area contributed by atoms with E-state index in [1.807, 2.05) is 44.1 Å². The molecule has 29 heavy (non-hydrogen) atoms. The van der Waals surface area contributed by atoms with Gasteiger partial charge in [0.25, 0.3) is 5.91 Å². The zero-order chi connectivity index (χ0) is 21.1. The van der Waals surface area contributed by atoms with Gasteiger partial charge in [-0.1, -0.05) is 6.07 Å². The normalized spacial score (nSPS) is 12.3. The number of hydrogen-bond donors (Lipinski definition) is 1. The summed E-state index contributed by atoms with van der Waals surface area (Å²) in [6, 6.07) is 10.8. The fourth-order valence-corrected chi connectivity index (χ4v) is 3.43. The molecule has 0 saturated heterocycles. The average Bonchev–Trinajstić information content (AvgIpc) is 2.96. The standard InChI is InChI=1S/C21H24BrN3O4/c1-13-5-7-18(16(22)11-13)28-14(2)20(26)23-15-6-8-19-17(12-15)25(21(27)29-19)10-9-24(3)4/h5-8,11-12,14H,9-10H2,1-4H3,(H,23,26). The molecule has 0 radical (unpaired) electrons. The highest BCUT2D eigenvalue weighted by Crippen LogP contribution is 2.27. The third-order valence-electron chi connectivity index (χ3n) is 4.47. The van der Waals surface area contributed by atoms with Gasteiger partial charge in [-0.2, -0.15) is 0 Å². The van der Waals surface area contributed by atoms with Crippen LogP contribution < -0.4 is 15.8 Å². The van der Waals surface area contributed by atoms with Gasteiger partial charge in [-0.25, -0.2) is 4.79 Å². The minimum absolute atomic E-state index is 0.289. The first-order valence-corrected chi connectivity index (χ1v) is 10.1. The van der Waals surface area contributed by atoms with Gasteiger partial charge in [0.15, 0.2) is 11.7 Å². The number of carbonyl (C=O) groups excluding carboxylic acids is 1. The first-order valence-electron chi connectivity index (χ1n) is 9.26. The molecule has 2 aromatic carbocycles. The highest BCUT2D eigenvalue weighted by atomic mass is 79.9. The van der Waals surface area contributed by atoms with Crippen molar-refractivity contribution in [1.82, 2.24) is 9.47 Å². The molecule has 0 bridgehead atoms. The van der Waals surface area contributed by atoms with Crippen molar-refractivity contribution >= 4 is 38.6 Å². The van der Waals surface area contributed by atoms with Gasteiger partial charge in [0.05, 0.1) is 9.99 Å². The van der Waals surface area contributed by atoms with Crippen molar-refractivity contribution in [3.63, 3.8) is 0 Å². The molecule has 1 heterocycles. The van der Waals surface area contributed by atoms with E-state index in [9.17, 15) is 9.59 Å². The Kier molecular flexibility index (Phi) is 6.44. The predicted molar refractivity (Wildman–Crippen MR) is 117 cm³/mol. The minimum atomic E-state index is -0.704. The Bertz CT molecular complexity index is 1090. The van der Waals surface area contributed by atoms with Crippen molar-refractivity contribution < 1.29 is 13.9 Å². The molecule has 154 valence electrons. The van der Waals surface area contributed by atoms with E-state index in [4.69, 9.17) is 9.15 Å². The number of anilines is 1. The number of carbonyl (C=O) groups is 1. The number of aryl methyl sites for hydroxylation is 1. The maximum atomic E-state index is 12.6. The quantitative estimate of drug-likeness (QED) is 0.581. The largest absolute Gasteiger partial charge is 0.480 e. The van der Waals surface area contributed by atoms with Gasteiger partial charge in [-0.05, 0) is 79.8 Å². The van der Waals surface area contributed by atoms with E-state index in [1.165, 1.54) is 0 Å². The van der Waals surface area contributed by atoms with Crippen LogP contribution in [0.25, 0.3) is 11.1 Å². The van der Waals surface area contributed by atoms with E-state index >= 15 is 0 Å². The van der Waals surface area contributed by atoms with Crippen LogP contribution >= 0.6 is 15.9 Å². The van der Waals surface area contributed by atoms with Crippen molar-refractivity contribution in [2.45, 2.75) is 26.5 Å². The number of likely N-dealkylation sites (N-methyl/N-ethyl adjacent to an activating group) is 1. The van der Waals surface area contributed by atoms with Crippen LogP contribution in [0.1, 0.15) is 12.5 Å². The number of fused-ring (bicyclic) bond motifs is 1. The first kappa shape index (κ1) is 21.1. The highest BCUT2D eigenvalue weighted by Gasteiger charge is 2.17. The maximum absolute atomic E-state index is 12.6. The SMILES string of the molecule is Cc1ccc(OC(C)C(=O)Nc2ccc3oc(=O)n(CCN(C)C)c3c2)c(Br)c1. The number of oxazole rings is 1. The molecule has 0 aliphatic heterocycles. The molecule has 1 unspecified atom stereocenters. The van der Waals surface area contributed by atoms with Crippen molar-refractivity contribution in [1.29, 1.82) is 0 Å². The third kappa shape index (κ3) is 5.07. The number of nitrogens with one attached hydrogen (secondary N) is 1. The van der Waals surface area contributed by atoms with Crippen molar-refractivity contribution in [3.05, 3.63) is 57.0 Å². The summed E-state index contributed by atoms with van der Waals surface area (Å²) in [5.74, 6) is -0.102. The van der Waals surface area contributed by atoms with Gasteiger partial charge in [0, 0.05) is 18.8 Å². The number of aromatic nitrogens is 1. The van der Waals surface area contributed by atoms with Crippen LogP contribution in [0, 0.1) is 6.92 Å². The summed E-state index contributed by atoms with van der Waals surface area (Å²) >= 11 is 3.45. The van der Waals surface area contributed by atoms with Gasteiger partial charge in [-0.3, -0.25) is 9.36 Å². The van der Waals surface area contributed by atoms with Crippen LogP contribution in [0.4, 0.5) is 5.69 Å². The fraction of sp³-hybridized carbons (Fsp3) is 0.333. The second-order valence-corrected chi connectivity index (χ2v) is 8.04. The lowest BCUT2D eigenvalue weighted by Gasteiger charge is -2.16. The average molecular weight is 462 g/mol. The number of rotatable bonds is 7. The molecular formula is C21H24BrN3O4. The lowest BCUT2D eigenvalue weighted by atomic mass is 10.2. The molecule has 0 aliphatic carbocycles. The van der Waals surface area contributed by atoms with E-state index < -0.39 is 11.9 Å². The summed E-state index contributed by atoms with van der Waals surface area (Å²) in [7, 11) is 3.87. The summed E-state index contributed by atoms with van der Waals surface area (Å²) < 4.78 is 13.4. The van der Waals surface area contributed by atoms with E-state index in [0.29, 0.717) is 35.6 Å². The van der Waals surface area contributed by atoms with Crippen LogP contribution in [-0.2, 0) is 11.3 Å². The zero-order valence-electron chi connectivity index (χ0n) is 16.9. The number of nitrogens with zero attached hydrogens (tertiary/aromatic N) is 2.